The van der Waals surface area contributed by atoms with E-state index < -0.39 is 0 Å². The highest BCUT2D eigenvalue weighted by Gasteiger charge is 2.30. The molecular weight excluding hydrogens is 238 g/mol. The summed E-state index contributed by atoms with van der Waals surface area (Å²) in [5.74, 6) is 0.624. The van der Waals surface area contributed by atoms with Crippen LogP contribution >= 0.6 is 0 Å². The molecule has 2 heterocycles. The monoisotopic (exact) mass is 261 g/mol. The fraction of sp³-hybridized carbons (Fsp3) is 0.600. The van der Waals surface area contributed by atoms with Gasteiger partial charge in [0.1, 0.15) is 0 Å². The first-order valence-electron chi connectivity index (χ1n) is 7.14. The highest BCUT2D eigenvalue weighted by atomic mass is 16.2. The van der Waals surface area contributed by atoms with Crippen molar-refractivity contribution in [1.29, 1.82) is 0 Å². The molecule has 2 unspecified atom stereocenters. The number of pyridine rings is 1. The second-order valence-electron chi connectivity index (χ2n) is 5.22. The predicted molar refractivity (Wildman–Crippen MR) is 75.5 cm³/mol. The van der Waals surface area contributed by atoms with Gasteiger partial charge in [-0.15, -0.1) is 0 Å². The minimum atomic E-state index is -0.0302. The SMILES string of the molecule is CCN(Cc1ccccn1)C(=O)C1NCCCC1C. The first kappa shape index (κ1) is 14.0. The van der Waals surface area contributed by atoms with E-state index in [0.717, 1.165) is 31.6 Å². The van der Waals surface area contributed by atoms with Crippen LogP contribution in [0, 0.1) is 5.92 Å². The van der Waals surface area contributed by atoms with E-state index in [0.29, 0.717) is 12.5 Å². The van der Waals surface area contributed by atoms with E-state index in [9.17, 15) is 4.79 Å². The number of amides is 1. The average molecular weight is 261 g/mol. The third-order valence-corrected chi connectivity index (χ3v) is 3.81. The first-order chi connectivity index (χ1) is 9.22. The molecule has 1 aliphatic rings. The lowest BCUT2D eigenvalue weighted by atomic mass is 9.92. The highest BCUT2D eigenvalue weighted by Crippen LogP contribution is 2.18. The lowest BCUT2D eigenvalue weighted by Gasteiger charge is -2.33. The van der Waals surface area contributed by atoms with Crippen molar-refractivity contribution in [3.63, 3.8) is 0 Å². The van der Waals surface area contributed by atoms with Gasteiger partial charge in [0, 0.05) is 12.7 Å². The van der Waals surface area contributed by atoms with Crippen molar-refractivity contribution in [2.45, 2.75) is 39.3 Å². The van der Waals surface area contributed by atoms with Gasteiger partial charge in [0.25, 0.3) is 0 Å². The first-order valence-corrected chi connectivity index (χ1v) is 7.14. The summed E-state index contributed by atoms with van der Waals surface area (Å²) in [5, 5.41) is 3.36. The second kappa shape index (κ2) is 6.66. The van der Waals surface area contributed by atoms with Crippen LogP contribution in [0.25, 0.3) is 0 Å². The molecule has 0 radical (unpaired) electrons. The Labute approximate surface area is 115 Å². The Bertz CT molecular complexity index is 407. The standard InChI is InChI=1S/C15H23N3O/c1-3-18(11-13-8-4-5-9-16-13)15(19)14-12(2)7-6-10-17-14/h4-5,8-9,12,14,17H,3,6-7,10-11H2,1-2H3. The Hall–Kier alpha value is -1.42. The average Bonchev–Trinajstić information content (AvgIpc) is 2.46. The van der Waals surface area contributed by atoms with Crippen LogP contribution in [0.4, 0.5) is 0 Å². The molecule has 2 atom stereocenters. The zero-order chi connectivity index (χ0) is 13.7. The van der Waals surface area contributed by atoms with Crippen LogP contribution in [0.5, 0.6) is 0 Å². The van der Waals surface area contributed by atoms with E-state index in [1.807, 2.05) is 30.0 Å². The van der Waals surface area contributed by atoms with Gasteiger partial charge in [-0.3, -0.25) is 9.78 Å². The van der Waals surface area contributed by atoms with Crippen molar-refractivity contribution in [2.24, 2.45) is 5.92 Å². The Morgan fingerprint density at radius 2 is 2.37 bits per heavy atom. The van der Waals surface area contributed by atoms with E-state index >= 15 is 0 Å². The van der Waals surface area contributed by atoms with Crippen LogP contribution in [0.3, 0.4) is 0 Å². The summed E-state index contributed by atoms with van der Waals surface area (Å²) < 4.78 is 0. The Kier molecular flexibility index (Phi) is 4.91. The molecule has 19 heavy (non-hydrogen) atoms. The number of hydrogen-bond donors (Lipinski definition) is 1. The van der Waals surface area contributed by atoms with Crippen LogP contribution in [0.1, 0.15) is 32.4 Å². The lowest BCUT2D eigenvalue weighted by Crippen LogP contribution is -2.52. The number of carbonyl (C=O) groups is 1. The topological polar surface area (TPSA) is 45.2 Å². The molecule has 1 N–H and O–H groups in total. The van der Waals surface area contributed by atoms with Crippen LogP contribution < -0.4 is 5.32 Å². The summed E-state index contributed by atoms with van der Waals surface area (Å²) in [5.41, 5.74) is 0.946. The molecule has 0 saturated carbocycles. The minimum Gasteiger partial charge on any atom is -0.336 e. The zero-order valence-corrected chi connectivity index (χ0v) is 11.8. The zero-order valence-electron chi connectivity index (χ0n) is 11.8. The molecule has 4 heteroatoms. The van der Waals surface area contributed by atoms with Crippen LogP contribution in [0.2, 0.25) is 0 Å². The largest absolute Gasteiger partial charge is 0.336 e. The summed E-state index contributed by atoms with van der Waals surface area (Å²) in [4.78, 5) is 18.8. The fourth-order valence-corrected chi connectivity index (χ4v) is 2.61. The molecule has 1 aromatic rings. The van der Waals surface area contributed by atoms with Crippen molar-refractivity contribution in [3.05, 3.63) is 30.1 Å². The Morgan fingerprint density at radius 1 is 1.53 bits per heavy atom. The number of likely N-dealkylation sites (N-methyl/N-ethyl adjacent to an activating group) is 1. The maximum Gasteiger partial charge on any atom is 0.240 e. The number of hydrogen-bond acceptors (Lipinski definition) is 3. The molecule has 1 aliphatic heterocycles. The summed E-state index contributed by atoms with van der Waals surface area (Å²) >= 11 is 0. The quantitative estimate of drug-likeness (QED) is 0.899. The molecule has 0 aliphatic carbocycles. The maximum atomic E-state index is 12.6. The Balaban J connectivity index is 2.02. The molecule has 104 valence electrons. The smallest absolute Gasteiger partial charge is 0.240 e. The minimum absolute atomic E-state index is 0.0302. The molecule has 1 saturated heterocycles. The number of rotatable bonds is 4. The van der Waals surface area contributed by atoms with Gasteiger partial charge in [0.05, 0.1) is 18.3 Å². The number of carbonyl (C=O) groups excluding carboxylic acids is 1. The molecule has 0 aromatic carbocycles. The van der Waals surface area contributed by atoms with Crippen molar-refractivity contribution in [2.75, 3.05) is 13.1 Å². The van der Waals surface area contributed by atoms with Crippen LogP contribution in [0.15, 0.2) is 24.4 Å². The molecule has 1 fully saturated rings. The van der Waals surface area contributed by atoms with Crippen LogP contribution in [-0.2, 0) is 11.3 Å². The number of piperidine rings is 1. The lowest BCUT2D eigenvalue weighted by molar-refractivity contribution is -0.135. The van der Waals surface area contributed by atoms with Gasteiger partial charge in [0.2, 0.25) is 5.91 Å². The van der Waals surface area contributed by atoms with E-state index in [1.54, 1.807) is 6.20 Å². The maximum absolute atomic E-state index is 12.6. The normalized spacial score (nSPS) is 23.1. The van der Waals surface area contributed by atoms with E-state index in [2.05, 4.69) is 17.2 Å². The van der Waals surface area contributed by atoms with Gasteiger partial charge in [0.15, 0.2) is 0 Å². The molecular formula is C15H23N3O. The number of nitrogens with one attached hydrogen (secondary N) is 1. The van der Waals surface area contributed by atoms with Gasteiger partial charge in [-0.2, -0.15) is 0 Å². The Morgan fingerprint density at radius 3 is 3.00 bits per heavy atom. The third-order valence-electron chi connectivity index (χ3n) is 3.81. The van der Waals surface area contributed by atoms with E-state index in [1.165, 1.54) is 0 Å². The van der Waals surface area contributed by atoms with Crippen molar-refractivity contribution >= 4 is 5.91 Å². The highest BCUT2D eigenvalue weighted by molar-refractivity contribution is 5.82. The molecule has 1 amide bonds. The fourth-order valence-electron chi connectivity index (χ4n) is 2.61. The summed E-state index contributed by atoms with van der Waals surface area (Å²) in [6.07, 6.45) is 4.07. The van der Waals surface area contributed by atoms with Crippen molar-refractivity contribution in [1.82, 2.24) is 15.2 Å². The molecule has 0 bridgehead atoms. The molecule has 2 rings (SSSR count). The van der Waals surface area contributed by atoms with Crippen molar-refractivity contribution in [3.8, 4) is 0 Å². The number of aromatic nitrogens is 1. The molecule has 1 aromatic heterocycles. The third kappa shape index (κ3) is 3.53. The van der Waals surface area contributed by atoms with Gasteiger partial charge < -0.3 is 10.2 Å². The van der Waals surface area contributed by atoms with E-state index in [-0.39, 0.29) is 11.9 Å². The number of nitrogens with zero attached hydrogens (tertiary/aromatic N) is 2. The molecule has 4 nitrogen and oxygen atoms in total. The molecule has 0 spiro atoms. The second-order valence-corrected chi connectivity index (χ2v) is 5.22. The summed E-state index contributed by atoms with van der Waals surface area (Å²) in [6.45, 7) is 6.45. The van der Waals surface area contributed by atoms with Gasteiger partial charge in [-0.05, 0) is 44.4 Å². The van der Waals surface area contributed by atoms with Gasteiger partial charge in [-0.25, -0.2) is 0 Å². The van der Waals surface area contributed by atoms with Gasteiger partial charge in [-0.1, -0.05) is 13.0 Å². The van der Waals surface area contributed by atoms with Gasteiger partial charge >= 0.3 is 0 Å². The summed E-state index contributed by atoms with van der Waals surface area (Å²) in [7, 11) is 0. The summed E-state index contributed by atoms with van der Waals surface area (Å²) in [6, 6.07) is 5.79. The van der Waals surface area contributed by atoms with E-state index in [4.69, 9.17) is 0 Å². The predicted octanol–water partition coefficient (Wildman–Crippen LogP) is 1.82. The van der Waals surface area contributed by atoms with Crippen LogP contribution in [-0.4, -0.2) is 34.9 Å². The van der Waals surface area contributed by atoms with Crippen molar-refractivity contribution < 1.29 is 4.79 Å².